The number of thioether (sulfide) groups is 1. The van der Waals surface area contributed by atoms with Crippen LogP contribution < -0.4 is 0 Å². The van der Waals surface area contributed by atoms with Crippen molar-refractivity contribution in [3.05, 3.63) is 64.3 Å². The Morgan fingerprint density at radius 1 is 1.07 bits per heavy atom. The molecule has 0 saturated carbocycles. The summed E-state index contributed by atoms with van der Waals surface area (Å²) in [6, 6.07) is 13.9. The summed E-state index contributed by atoms with van der Waals surface area (Å²) < 4.78 is 40.7. The molecule has 0 unspecified atom stereocenters. The van der Waals surface area contributed by atoms with E-state index in [1.54, 1.807) is 53.1 Å². The number of nitrogens with zero attached hydrogens (tertiary/aromatic N) is 3. The van der Waals surface area contributed by atoms with E-state index in [-0.39, 0.29) is 12.2 Å². The van der Waals surface area contributed by atoms with Gasteiger partial charge in [-0.2, -0.15) is 13.2 Å². The lowest BCUT2D eigenvalue weighted by Crippen LogP contribution is -2.39. The van der Waals surface area contributed by atoms with Crippen LogP contribution >= 0.6 is 35.0 Å². The van der Waals surface area contributed by atoms with Gasteiger partial charge < -0.3 is 4.90 Å². The molecule has 4 rings (SSSR count). The van der Waals surface area contributed by atoms with Crippen LogP contribution in [0.4, 0.5) is 13.2 Å². The third kappa shape index (κ3) is 4.17. The van der Waals surface area contributed by atoms with Crippen molar-refractivity contribution in [2.75, 3.05) is 18.8 Å². The summed E-state index contributed by atoms with van der Waals surface area (Å²) >= 11 is 13.7. The van der Waals surface area contributed by atoms with Gasteiger partial charge in [0.05, 0.1) is 5.02 Å². The molecule has 0 radical (unpaired) electrons. The zero-order chi connectivity index (χ0) is 21.5. The van der Waals surface area contributed by atoms with Crippen LogP contribution in [0.1, 0.15) is 10.5 Å². The molecule has 0 fully saturated rings. The summed E-state index contributed by atoms with van der Waals surface area (Å²) in [5.41, 5.74) is 1.22. The smallest absolute Gasteiger partial charge is 0.327 e. The van der Waals surface area contributed by atoms with E-state index in [9.17, 15) is 18.0 Å². The SMILES string of the molecule is O=C1c2nc(-c3ccccc3Cl)n(-c3ccc(Cl)cc3)c2SCCN1CC(F)(F)F. The average Bonchev–Trinajstić information content (AvgIpc) is 2.99. The molecule has 1 aliphatic heterocycles. The van der Waals surface area contributed by atoms with Crippen molar-refractivity contribution >= 4 is 40.9 Å². The van der Waals surface area contributed by atoms with Gasteiger partial charge in [0.25, 0.3) is 5.91 Å². The highest BCUT2D eigenvalue weighted by Crippen LogP contribution is 2.38. The second kappa shape index (κ2) is 8.17. The highest BCUT2D eigenvalue weighted by Gasteiger charge is 2.37. The summed E-state index contributed by atoms with van der Waals surface area (Å²) in [7, 11) is 0. The number of benzene rings is 2. The molecule has 3 aromatic rings. The van der Waals surface area contributed by atoms with Gasteiger partial charge in [-0.05, 0) is 36.4 Å². The number of amides is 1. The number of aromatic nitrogens is 2. The maximum absolute atomic E-state index is 13.0. The molecule has 0 saturated heterocycles. The Labute approximate surface area is 184 Å². The van der Waals surface area contributed by atoms with Gasteiger partial charge >= 0.3 is 6.18 Å². The Morgan fingerprint density at radius 3 is 2.43 bits per heavy atom. The Kier molecular flexibility index (Phi) is 5.74. The first-order valence-corrected chi connectivity index (χ1v) is 10.6. The van der Waals surface area contributed by atoms with Gasteiger partial charge in [0, 0.05) is 28.6 Å². The van der Waals surface area contributed by atoms with Gasteiger partial charge in [0.1, 0.15) is 17.4 Å². The summed E-state index contributed by atoms with van der Waals surface area (Å²) in [6.07, 6.45) is -4.49. The molecule has 1 aliphatic rings. The minimum Gasteiger partial charge on any atom is -0.327 e. The molecule has 1 aromatic heterocycles. The molecule has 0 spiro atoms. The van der Waals surface area contributed by atoms with Crippen molar-refractivity contribution in [3.63, 3.8) is 0 Å². The van der Waals surface area contributed by atoms with Crippen molar-refractivity contribution in [1.82, 2.24) is 14.5 Å². The number of fused-ring (bicyclic) bond motifs is 1. The quantitative estimate of drug-likeness (QED) is 0.473. The number of hydrogen-bond acceptors (Lipinski definition) is 3. The molecule has 0 aliphatic carbocycles. The molecule has 0 atom stereocenters. The number of carbonyl (C=O) groups is 1. The Morgan fingerprint density at radius 2 is 1.77 bits per heavy atom. The van der Waals surface area contributed by atoms with Crippen LogP contribution in [0, 0.1) is 0 Å². The van der Waals surface area contributed by atoms with Crippen LogP contribution in [0.25, 0.3) is 17.1 Å². The minimum absolute atomic E-state index is 0.0216. The van der Waals surface area contributed by atoms with Gasteiger partial charge in [-0.15, -0.1) is 11.8 Å². The number of alkyl halides is 3. The summed E-state index contributed by atoms with van der Waals surface area (Å²) in [5.74, 6) is -0.0771. The first-order valence-electron chi connectivity index (χ1n) is 8.87. The van der Waals surface area contributed by atoms with Crippen molar-refractivity contribution in [3.8, 4) is 17.1 Å². The Balaban J connectivity index is 1.91. The van der Waals surface area contributed by atoms with Crippen molar-refractivity contribution in [2.45, 2.75) is 11.2 Å². The van der Waals surface area contributed by atoms with E-state index < -0.39 is 18.6 Å². The second-order valence-corrected chi connectivity index (χ2v) is 8.50. The number of halogens is 5. The number of rotatable bonds is 3. The van der Waals surface area contributed by atoms with Crippen LogP contribution in [-0.4, -0.2) is 45.4 Å². The van der Waals surface area contributed by atoms with E-state index in [4.69, 9.17) is 23.2 Å². The van der Waals surface area contributed by atoms with E-state index >= 15 is 0 Å². The lowest BCUT2D eigenvalue weighted by atomic mass is 10.2. The van der Waals surface area contributed by atoms with E-state index in [0.717, 1.165) is 4.90 Å². The standard InChI is InChI=1S/C20H14Cl2F3N3OS/c21-12-5-7-13(8-6-12)28-17(14-3-1-2-4-15(14)22)26-16-18(29)27(11-20(23,24)25)9-10-30-19(16)28/h1-8H,9-11H2. The maximum Gasteiger partial charge on any atom is 0.406 e. The first kappa shape index (κ1) is 21.1. The molecule has 1 amide bonds. The van der Waals surface area contributed by atoms with Gasteiger partial charge in [-0.25, -0.2) is 4.98 Å². The molecule has 0 bridgehead atoms. The average molecular weight is 472 g/mol. The van der Waals surface area contributed by atoms with Crippen molar-refractivity contribution in [2.24, 2.45) is 0 Å². The predicted molar refractivity (Wildman–Crippen MR) is 112 cm³/mol. The number of imidazole rings is 1. The van der Waals surface area contributed by atoms with Gasteiger partial charge in [-0.3, -0.25) is 9.36 Å². The van der Waals surface area contributed by atoms with Crippen LogP contribution in [0.5, 0.6) is 0 Å². The summed E-state index contributed by atoms with van der Waals surface area (Å²) in [5, 5.41) is 1.42. The molecule has 2 heterocycles. The highest BCUT2D eigenvalue weighted by molar-refractivity contribution is 7.99. The van der Waals surface area contributed by atoms with Crippen LogP contribution in [0.15, 0.2) is 53.6 Å². The number of carbonyl (C=O) groups excluding carboxylic acids is 1. The lowest BCUT2D eigenvalue weighted by Gasteiger charge is -2.21. The largest absolute Gasteiger partial charge is 0.406 e. The number of hydrogen-bond donors (Lipinski definition) is 0. The highest BCUT2D eigenvalue weighted by atomic mass is 35.5. The summed E-state index contributed by atoms with van der Waals surface area (Å²) in [4.78, 5) is 18.2. The Bertz CT molecular complexity index is 1100. The zero-order valence-corrected chi connectivity index (χ0v) is 17.6. The second-order valence-electron chi connectivity index (χ2n) is 6.57. The molecular formula is C20H14Cl2F3N3OS. The topological polar surface area (TPSA) is 38.1 Å². The van der Waals surface area contributed by atoms with E-state index in [0.29, 0.717) is 37.9 Å². The van der Waals surface area contributed by atoms with Gasteiger partial charge in [0.2, 0.25) is 0 Å². The Hall–Kier alpha value is -2.16. The minimum atomic E-state index is -4.49. The van der Waals surface area contributed by atoms with E-state index in [1.807, 2.05) is 0 Å². The van der Waals surface area contributed by atoms with Gasteiger partial charge in [-0.1, -0.05) is 35.3 Å². The van der Waals surface area contributed by atoms with E-state index in [1.165, 1.54) is 11.8 Å². The van der Waals surface area contributed by atoms with Crippen molar-refractivity contribution < 1.29 is 18.0 Å². The molecule has 10 heteroatoms. The molecule has 4 nitrogen and oxygen atoms in total. The fraction of sp³-hybridized carbons (Fsp3) is 0.200. The predicted octanol–water partition coefficient (Wildman–Crippen LogP) is 5.96. The van der Waals surface area contributed by atoms with Crippen molar-refractivity contribution in [1.29, 1.82) is 0 Å². The van der Waals surface area contributed by atoms with Gasteiger partial charge in [0.15, 0.2) is 5.69 Å². The molecular weight excluding hydrogens is 458 g/mol. The fourth-order valence-electron chi connectivity index (χ4n) is 3.20. The normalized spacial score (nSPS) is 14.6. The third-order valence-corrected chi connectivity index (χ3v) is 6.11. The molecule has 2 aromatic carbocycles. The lowest BCUT2D eigenvalue weighted by molar-refractivity contribution is -0.140. The van der Waals surface area contributed by atoms with Crippen LogP contribution in [-0.2, 0) is 0 Å². The fourth-order valence-corrected chi connectivity index (χ4v) is 4.64. The van der Waals surface area contributed by atoms with Crippen LogP contribution in [0.3, 0.4) is 0 Å². The van der Waals surface area contributed by atoms with Crippen LogP contribution in [0.2, 0.25) is 10.0 Å². The summed E-state index contributed by atoms with van der Waals surface area (Å²) in [6.45, 7) is -1.34. The van der Waals surface area contributed by atoms with E-state index in [2.05, 4.69) is 4.98 Å². The molecule has 0 N–H and O–H groups in total. The molecule has 156 valence electrons. The zero-order valence-electron chi connectivity index (χ0n) is 15.3. The molecule has 30 heavy (non-hydrogen) atoms. The first-order chi connectivity index (χ1) is 14.2. The maximum atomic E-state index is 13.0. The third-order valence-electron chi connectivity index (χ3n) is 4.49. The monoisotopic (exact) mass is 471 g/mol.